The first-order valence-electron chi connectivity index (χ1n) is 8.67. The number of carbonyl (C=O) groups is 1. The van der Waals surface area contributed by atoms with Gasteiger partial charge in [-0.05, 0) is 49.7 Å². The van der Waals surface area contributed by atoms with Crippen LogP contribution in [-0.2, 0) is 4.79 Å². The van der Waals surface area contributed by atoms with Crippen LogP contribution in [-0.4, -0.2) is 25.2 Å². The van der Waals surface area contributed by atoms with E-state index >= 15 is 0 Å². The van der Waals surface area contributed by atoms with Crippen molar-refractivity contribution in [3.05, 3.63) is 18.2 Å². The molecule has 5 nitrogen and oxygen atoms in total. The fraction of sp³-hybridized carbons (Fsp3) is 0.611. The second-order valence-corrected chi connectivity index (χ2v) is 7.02. The topological polar surface area (TPSA) is 73.6 Å². The summed E-state index contributed by atoms with van der Waals surface area (Å²) in [5.74, 6) is 2.52. The third kappa shape index (κ3) is 2.78. The Morgan fingerprint density at radius 3 is 2.65 bits per heavy atom. The third-order valence-electron chi connectivity index (χ3n) is 5.61. The van der Waals surface area contributed by atoms with Crippen LogP contribution in [0.4, 0.5) is 5.69 Å². The second kappa shape index (κ2) is 6.04. The molecule has 0 saturated heterocycles. The molecule has 5 heteroatoms. The molecule has 1 aromatic rings. The van der Waals surface area contributed by atoms with Crippen LogP contribution >= 0.6 is 0 Å². The minimum Gasteiger partial charge on any atom is -0.486 e. The van der Waals surface area contributed by atoms with Crippen molar-refractivity contribution < 1.29 is 14.3 Å². The number of ether oxygens (including phenoxy) is 2. The number of anilines is 1. The van der Waals surface area contributed by atoms with Gasteiger partial charge in [0.2, 0.25) is 5.91 Å². The van der Waals surface area contributed by atoms with Crippen LogP contribution in [0.3, 0.4) is 0 Å². The van der Waals surface area contributed by atoms with E-state index in [9.17, 15) is 4.79 Å². The highest BCUT2D eigenvalue weighted by atomic mass is 16.6. The Hall–Kier alpha value is -1.75. The summed E-state index contributed by atoms with van der Waals surface area (Å²) in [7, 11) is 0. The van der Waals surface area contributed by atoms with Crippen molar-refractivity contribution in [2.75, 3.05) is 18.5 Å². The van der Waals surface area contributed by atoms with Crippen molar-refractivity contribution in [3.8, 4) is 11.5 Å². The van der Waals surface area contributed by atoms with Gasteiger partial charge in [0.15, 0.2) is 11.5 Å². The standard InChI is InChI=1S/C18H24N2O3/c19-16-11-3-1-4-12(16)10-13(9-11)18(21)20-14-5-2-6-15-17(14)23-8-7-22-15/h2,5-6,11-13,16H,1,3-4,7-10,19H2,(H,20,21). The van der Waals surface area contributed by atoms with Gasteiger partial charge in [-0.1, -0.05) is 12.5 Å². The number of rotatable bonds is 2. The van der Waals surface area contributed by atoms with Crippen molar-refractivity contribution in [1.82, 2.24) is 0 Å². The van der Waals surface area contributed by atoms with Crippen molar-refractivity contribution in [3.63, 3.8) is 0 Å². The number of nitrogens with two attached hydrogens (primary N) is 1. The Balaban J connectivity index is 1.48. The lowest BCUT2D eigenvalue weighted by Gasteiger charge is -2.43. The van der Waals surface area contributed by atoms with Crippen LogP contribution in [0.1, 0.15) is 32.1 Å². The summed E-state index contributed by atoms with van der Waals surface area (Å²) in [5.41, 5.74) is 7.04. The van der Waals surface area contributed by atoms with Gasteiger partial charge in [-0.3, -0.25) is 4.79 Å². The number of hydrogen-bond donors (Lipinski definition) is 2. The van der Waals surface area contributed by atoms with Crippen LogP contribution in [0.25, 0.3) is 0 Å². The summed E-state index contributed by atoms with van der Waals surface area (Å²) in [6.07, 6.45) is 5.42. The van der Waals surface area contributed by atoms with E-state index in [0.29, 0.717) is 42.2 Å². The molecule has 1 heterocycles. The molecular formula is C18H24N2O3. The highest BCUT2D eigenvalue weighted by Gasteiger charge is 2.40. The molecule has 2 fully saturated rings. The number of amides is 1. The highest BCUT2D eigenvalue weighted by Crippen LogP contribution is 2.43. The number of nitrogens with one attached hydrogen (secondary N) is 1. The van der Waals surface area contributed by atoms with E-state index in [1.54, 1.807) is 0 Å². The molecule has 0 aromatic heterocycles. The van der Waals surface area contributed by atoms with E-state index in [4.69, 9.17) is 15.2 Å². The maximum atomic E-state index is 12.7. The molecule has 0 radical (unpaired) electrons. The van der Waals surface area contributed by atoms with Crippen LogP contribution in [0, 0.1) is 17.8 Å². The Morgan fingerprint density at radius 2 is 1.87 bits per heavy atom. The predicted molar refractivity (Wildman–Crippen MR) is 87.6 cm³/mol. The van der Waals surface area contributed by atoms with Gasteiger partial charge in [-0.25, -0.2) is 0 Å². The molecule has 3 N–H and O–H groups in total. The van der Waals surface area contributed by atoms with Gasteiger partial charge in [0.25, 0.3) is 0 Å². The minimum atomic E-state index is 0.0606. The first kappa shape index (κ1) is 14.8. The minimum absolute atomic E-state index is 0.0606. The molecule has 2 aliphatic carbocycles. The SMILES string of the molecule is NC1C2CCCC1CC(C(=O)Nc1cccc3c1OCCO3)C2. The average Bonchev–Trinajstić information content (AvgIpc) is 2.55. The monoisotopic (exact) mass is 316 g/mol. The summed E-state index contributed by atoms with van der Waals surface area (Å²) in [6.45, 7) is 1.07. The lowest BCUT2D eigenvalue weighted by atomic mass is 9.65. The summed E-state index contributed by atoms with van der Waals surface area (Å²) in [4.78, 5) is 12.7. The van der Waals surface area contributed by atoms with Gasteiger partial charge < -0.3 is 20.5 Å². The molecule has 23 heavy (non-hydrogen) atoms. The Kier molecular flexibility index (Phi) is 3.89. The molecule has 0 spiro atoms. The molecule has 4 rings (SSSR count). The average molecular weight is 316 g/mol. The van der Waals surface area contributed by atoms with Crippen LogP contribution in [0.2, 0.25) is 0 Å². The van der Waals surface area contributed by atoms with E-state index in [0.717, 1.165) is 12.8 Å². The van der Waals surface area contributed by atoms with Gasteiger partial charge in [0, 0.05) is 12.0 Å². The predicted octanol–water partition coefficient (Wildman–Crippen LogP) is 2.55. The third-order valence-corrected chi connectivity index (χ3v) is 5.61. The summed E-state index contributed by atoms with van der Waals surface area (Å²) >= 11 is 0. The number of fused-ring (bicyclic) bond motifs is 3. The quantitative estimate of drug-likeness (QED) is 0.879. The number of benzene rings is 1. The first-order chi connectivity index (χ1) is 11.2. The van der Waals surface area contributed by atoms with Crippen LogP contribution in [0.5, 0.6) is 11.5 Å². The molecule has 2 bridgehead atoms. The Bertz CT molecular complexity index is 590. The van der Waals surface area contributed by atoms with Gasteiger partial charge in [0.1, 0.15) is 13.2 Å². The summed E-state index contributed by atoms with van der Waals surface area (Å²) in [5, 5.41) is 3.06. The van der Waals surface area contributed by atoms with Gasteiger partial charge >= 0.3 is 0 Å². The number of carbonyl (C=O) groups excluding carboxylic acids is 1. The zero-order valence-electron chi connectivity index (χ0n) is 13.3. The van der Waals surface area contributed by atoms with Crippen molar-refractivity contribution in [2.24, 2.45) is 23.5 Å². The van der Waals surface area contributed by atoms with Crippen molar-refractivity contribution in [1.29, 1.82) is 0 Å². The van der Waals surface area contributed by atoms with E-state index in [2.05, 4.69) is 5.32 Å². The van der Waals surface area contributed by atoms with E-state index in [-0.39, 0.29) is 17.9 Å². The molecule has 3 aliphatic rings. The zero-order chi connectivity index (χ0) is 15.8. The lowest BCUT2D eigenvalue weighted by molar-refractivity contribution is -0.122. The smallest absolute Gasteiger partial charge is 0.227 e. The summed E-state index contributed by atoms with van der Waals surface area (Å²) in [6, 6.07) is 5.91. The molecule has 1 aliphatic heterocycles. The zero-order valence-corrected chi connectivity index (χ0v) is 13.3. The fourth-order valence-corrected chi connectivity index (χ4v) is 4.41. The van der Waals surface area contributed by atoms with Crippen molar-refractivity contribution >= 4 is 11.6 Å². The summed E-state index contributed by atoms with van der Waals surface area (Å²) < 4.78 is 11.2. The molecule has 2 atom stereocenters. The van der Waals surface area contributed by atoms with E-state index < -0.39 is 0 Å². The van der Waals surface area contributed by atoms with Gasteiger partial charge in [-0.2, -0.15) is 0 Å². The maximum Gasteiger partial charge on any atom is 0.227 e. The molecule has 1 aromatic carbocycles. The molecule has 2 saturated carbocycles. The maximum absolute atomic E-state index is 12.7. The van der Waals surface area contributed by atoms with Crippen LogP contribution < -0.4 is 20.5 Å². The Labute approximate surface area is 136 Å². The Morgan fingerprint density at radius 1 is 1.13 bits per heavy atom. The number of hydrogen-bond acceptors (Lipinski definition) is 4. The van der Waals surface area contributed by atoms with Crippen LogP contribution in [0.15, 0.2) is 18.2 Å². The second-order valence-electron chi connectivity index (χ2n) is 7.02. The molecular weight excluding hydrogens is 292 g/mol. The van der Waals surface area contributed by atoms with E-state index in [1.807, 2.05) is 18.2 Å². The number of para-hydroxylation sites is 1. The largest absolute Gasteiger partial charge is 0.486 e. The molecule has 1 amide bonds. The van der Waals surface area contributed by atoms with E-state index in [1.165, 1.54) is 19.3 Å². The fourth-order valence-electron chi connectivity index (χ4n) is 4.41. The highest BCUT2D eigenvalue weighted by molar-refractivity contribution is 5.94. The normalized spacial score (nSPS) is 32.2. The van der Waals surface area contributed by atoms with Crippen molar-refractivity contribution in [2.45, 2.75) is 38.1 Å². The first-order valence-corrected chi connectivity index (χ1v) is 8.67. The molecule has 124 valence electrons. The van der Waals surface area contributed by atoms with Gasteiger partial charge in [0.05, 0.1) is 5.69 Å². The lowest BCUT2D eigenvalue weighted by Crippen LogP contribution is -2.48. The molecule has 2 unspecified atom stereocenters. The van der Waals surface area contributed by atoms with Gasteiger partial charge in [-0.15, -0.1) is 0 Å².